The maximum absolute atomic E-state index is 10.8. The normalized spacial score (nSPS) is 10.7. The topological polar surface area (TPSA) is 93.7 Å². The Morgan fingerprint density at radius 3 is 2.79 bits per heavy atom. The number of nitrogen functional groups attached to an aromatic ring is 1. The summed E-state index contributed by atoms with van der Waals surface area (Å²) in [6, 6.07) is 4.60. The lowest BCUT2D eigenvalue weighted by Gasteiger charge is -2.21. The van der Waals surface area contributed by atoms with Crippen LogP contribution in [0.5, 0.6) is 0 Å². The highest BCUT2D eigenvalue weighted by atomic mass is 16.6. The van der Waals surface area contributed by atoms with Crippen molar-refractivity contribution in [1.29, 1.82) is 0 Å². The smallest absolute Gasteiger partial charge is 0.269 e. The maximum atomic E-state index is 10.8. The van der Waals surface area contributed by atoms with Crippen LogP contribution in [0.1, 0.15) is 12.5 Å². The molecule has 106 valence electrons. The van der Waals surface area contributed by atoms with Gasteiger partial charge in [-0.3, -0.25) is 20.9 Å². The van der Waals surface area contributed by atoms with Gasteiger partial charge in [-0.2, -0.15) is 0 Å². The molecule has 0 fully saturated rings. The number of rotatable bonds is 8. The summed E-state index contributed by atoms with van der Waals surface area (Å²) in [5.41, 5.74) is 4.13. The van der Waals surface area contributed by atoms with E-state index in [-0.39, 0.29) is 5.69 Å². The van der Waals surface area contributed by atoms with E-state index in [1.54, 1.807) is 19.2 Å². The number of nitro groups is 1. The number of benzene rings is 1. The van der Waals surface area contributed by atoms with Crippen molar-refractivity contribution in [2.45, 2.75) is 13.5 Å². The molecule has 7 heteroatoms. The van der Waals surface area contributed by atoms with Gasteiger partial charge < -0.3 is 10.2 Å². The second-order valence-electron chi connectivity index (χ2n) is 4.10. The number of nitrogens with two attached hydrogens (primary N) is 1. The predicted molar refractivity (Wildman–Crippen MR) is 73.7 cm³/mol. The molecule has 0 bridgehead atoms. The Hall–Kier alpha value is -1.70. The van der Waals surface area contributed by atoms with Gasteiger partial charge in [0.1, 0.15) is 0 Å². The number of nitrogens with one attached hydrogen (secondary N) is 1. The van der Waals surface area contributed by atoms with Crippen LogP contribution in [0, 0.1) is 10.1 Å². The molecule has 0 heterocycles. The molecule has 1 aromatic carbocycles. The van der Waals surface area contributed by atoms with Crippen LogP contribution in [0.4, 0.5) is 11.4 Å². The van der Waals surface area contributed by atoms with E-state index in [9.17, 15) is 10.1 Å². The summed E-state index contributed by atoms with van der Waals surface area (Å²) in [6.07, 6.45) is 0. The third-order valence-corrected chi connectivity index (χ3v) is 2.91. The fourth-order valence-corrected chi connectivity index (χ4v) is 1.78. The molecular formula is C12H20N4O3. The minimum atomic E-state index is -0.408. The van der Waals surface area contributed by atoms with Crippen LogP contribution in [0.2, 0.25) is 0 Å². The minimum absolute atomic E-state index is 0.0665. The van der Waals surface area contributed by atoms with Crippen molar-refractivity contribution in [2.24, 2.45) is 5.84 Å². The van der Waals surface area contributed by atoms with Crippen LogP contribution >= 0.6 is 0 Å². The summed E-state index contributed by atoms with van der Waals surface area (Å²) in [6.45, 7) is 4.83. The molecule has 0 aliphatic heterocycles. The number of methoxy groups -OCH3 is 1. The van der Waals surface area contributed by atoms with Crippen LogP contribution in [0.15, 0.2) is 18.2 Å². The Kier molecular flexibility index (Phi) is 6.20. The Labute approximate surface area is 112 Å². The third-order valence-electron chi connectivity index (χ3n) is 2.91. The summed E-state index contributed by atoms with van der Waals surface area (Å²) in [5, 5.41) is 10.8. The lowest BCUT2D eigenvalue weighted by Crippen LogP contribution is -2.27. The monoisotopic (exact) mass is 268 g/mol. The molecule has 0 radical (unpaired) electrons. The van der Waals surface area contributed by atoms with Gasteiger partial charge in [0.2, 0.25) is 0 Å². The first kappa shape index (κ1) is 15.4. The van der Waals surface area contributed by atoms with E-state index in [1.165, 1.54) is 6.07 Å². The van der Waals surface area contributed by atoms with Crippen LogP contribution in [0.25, 0.3) is 0 Å². The van der Waals surface area contributed by atoms with Crippen molar-refractivity contribution in [2.75, 3.05) is 32.2 Å². The standard InChI is InChI=1S/C12H20N4O3/c1-3-15(6-7-19-2)9-10-8-11(16(17)18)4-5-12(10)14-13/h4-5,8,14H,3,6-7,9,13H2,1-2H3. The number of likely N-dealkylation sites (N-methyl/N-ethyl adjacent to an activating group) is 1. The van der Waals surface area contributed by atoms with Gasteiger partial charge in [0, 0.05) is 32.3 Å². The van der Waals surface area contributed by atoms with E-state index >= 15 is 0 Å². The Morgan fingerprint density at radius 2 is 2.26 bits per heavy atom. The zero-order valence-electron chi connectivity index (χ0n) is 11.3. The molecular weight excluding hydrogens is 248 g/mol. The zero-order valence-corrected chi connectivity index (χ0v) is 11.3. The fraction of sp³-hybridized carbons (Fsp3) is 0.500. The van der Waals surface area contributed by atoms with E-state index in [2.05, 4.69) is 10.3 Å². The van der Waals surface area contributed by atoms with Crippen LogP contribution < -0.4 is 11.3 Å². The lowest BCUT2D eigenvalue weighted by atomic mass is 10.1. The maximum Gasteiger partial charge on any atom is 0.269 e. The second kappa shape index (κ2) is 7.67. The average Bonchev–Trinajstić information content (AvgIpc) is 2.43. The van der Waals surface area contributed by atoms with Gasteiger partial charge in [-0.1, -0.05) is 6.92 Å². The summed E-state index contributed by atoms with van der Waals surface area (Å²) >= 11 is 0. The Bertz CT molecular complexity index is 425. The minimum Gasteiger partial charge on any atom is -0.383 e. The number of ether oxygens (including phenoxy) is 1. The number of non-ortho nitro benzene ring substituents is 1. The zero-order chi connectivity index (χ0) is 14.3. The molecule has 0 aliphatic rings. The number of nitro benzene ring substituents is 1. The molecule has 7 nitrogen and oxygen atoms in total. The molecule has 0 aromatic heterocycles. The number of hydrogen-bond donors (Lipinski definition) is 2. The molecule has 0 amide bonds. The van der Waals surface area contributed by atoms with Gasteiger partial charge in [0.25, 0.3) is 5.69 Å². The molecule has 0 aliphatic carbocycles. The molecule has 0 unspecified atom stereocenters. The van der Waals surface area contributed by atoms with Gasteiger partial charge in [-0.25, -0.2) is 0 Å². The quantitative estimate of drug-likeness (QED) is 0.420. The van der Waals surface area contributed by atoms with Crippen LogP contribution in [0.3, 0.4) is 0 Å². The highest BCUT2D eigenvalue weighted by Gasteiger charge is 2.12. The molecule has 19 heavy (non-hydrogen) atoms. The summed E-state index contributed by atoms with van der Waals surface area (Å²) < 4.78 is 5.04. The molecule has 0 atom stereocenters. The first-order chi connectivity index (χ1) is 9.12. The van der Waals surface area contributed by atoms with E-state index < -0.39 is 4.92 Å². The van der Waals surface area contributed by atoms with Crippen molar-refractivity contribution in [3.8, 4) is 0 Å². The number of anilines is 1. The number of nitrogens with zero attached hydrogens (tertiary/aromatic N) is 2. The third kappa shape index (κ3) is 4.47. The average molecular weight is 268 g/mol. The van der Waals surface area contributed by atoms with Gasteiger partial charge in [0.05, 0.1) is 17.2 Å². The predicted octanol–water partition coefficient (Wildman–Crippen LogP) is 1.35. The molecule has 0 saturated heterocycles. The largest absolute Gasteiger partial charge is 0.383 e. The van der Waals surface area contributed by atoms with Crippen molar-refractivity contribution >= 4 is 11.4 Å². The van der Waals surface area contributed by atoms with Crippen LogP contribution in [-0.4, -0.2) is 36.6 Å². The lowest BCUT2D eigenvalue weighted by molar-refractivity contribution is -0.384. The first-order valence-electron chi connectivity index (χ1n) is 6.07. The molecule has 3 N–H and O–H groups in total. The van der Waals surface area contributed by atoms with E-state index in [1.807, 2.05) is 6.92 Å². The van der Waals surface area contributed by atoms with Gasteiger partial charge in [-0.05, 0) is 18.2 Å². The molecule has 0 saturated carbocycles. The van der Waals surface area contributed by atoms with E-state index in [4.69, 9.17) is 10.6 Å². The first-order valence-corrected chi connectivity index (χ1v) is 6.07. The van der Waals surface area contributed by atoms with Gasteiger partial charge >= 0.3 is 0 Å². The molecule has 1 aromatic rings. The highest BCUT2D eigenvalue weighted by Crippen LogP contribution is 2.22. The van der Waals surface area contributed by atoms with Crippen molar-refractivity contribution in [3.63, 3.8) is 0 Å². The highest BCUT2D eigenvalue weighted by molar-refractivity contribution is 5.55. The van der Waals surface area contributed by atoms with Crippen LogP contribution in [-0.2, 0) is 11.3 Å². The Morgan fingerprint density at radius 1 is 1.53 bits per heavy atom. The molecule has 1 rings (SSSR count). The van der Waals surface area contributed by atoms with Crippen molar-refractivity contribution in [3.05, 3.63) is 33.9 Å². The second-order valence-corrected chi connectivity index (χ2v) is 4.10. The summed E-state index contributed by atoms with van der Waals surface area (Å²) in [4.78, 5) is 12.5. The SMILES string of the molecule is CCN(CCOC)Cc1cc([N+](=O)[O-])ccc1NN. The van der Waals surface area contributed by atoms with E-state index in [0.29, 0.717) is 18.8 Å². The summed E-state index contributed by atoms with van der Waals surface area (Å²) in [7, 11) is 1.65. The van der Waals surface area contributed by atoms with Crippen molar-refractivity contribution in [1.82, 2.24) is 4.90 Å². The number of hydrazine groups is 1. The number of hydrogen-bond acceptors (Lipinski definition) is 6. The molecule has 0 spiro atoms. The fourth-order valence-electron chi connectivity index (χ4n) is 1.78. The van der Waals surface area contributed by atoms with Gasteiger partial charge in [-0.15, -0.1) is 0 Å². The van der Waals surface area contributed by atoms with Crippen molar-refractivity contribution < 1.29 is 9.66 Å². The Balaban J connectivity index is 2.89. The summed E-state index contributed by atoms with van der Waals surface area (Å²) in [5.74, 6) is 5.43. The van der Waals surface area contributed by atoms with Gasteiger partial charge in [0.15, 0.2) is 0 Å². The van der Waals surface area contributed by atoms with E-state index in [0.717, 1.165) is 18.7 Å².